The molecule has 0 radical (unpaired) electrons. The maximum absolute atomic E-state index is 10.4. The van der Waals surface area contributed by atoms with Crippen LogP contribution in [0.1, 0.15) is 25.0 Å². The molecule has 2 rings (SSSR count). The Labute approximate surface area is 169 Å². The lowest BCUT2D eigenvalue weighted by Crippen LogP contribution is -2.32. The molecule has 0 amide bonds. The van der Waals surface area contributed by atoms with Crippen LogP contribution in [0.25, 0.3) is 0 Å². The second-order valence-corrected chi connectivity index (χ2v) is 7.09. The van der Waals surface area contributed by atoms with Crippen LogP contribution < -0.4 is 9.47 Å². The molecule has 0 saturated heterocycles. The van der Waals surface area contributed by atoms with E-state index in [-0.39, 0.29) is 6.61 Å². The van der Waals surface area contributed by atoms with E-state index in [2.05, 4.69) is 41.8 Å². The molecule has 154 valence electrons. The summed E-state index contributed by atoms with van der Waals surface area (Å²) in [6, 6.07) is 16.2. The van der Waals surface area contributed by atoms with Crippen LogP contribution in [0.4, 0.5) is 0 Å². The van der Waals surface area contributed by atoms with E-state index in [0.717, 1.165) is 26.2 Å². The van der Waals surface area contributed by atoms with Gasteiger partial charge >= 0.3 is 0 Å². The summed E-state index contributed by atoms with van der Waals surface area (Å²) in [7, 11) is 3.64. The topological polar surface area (TPSA) is 45.2 Å². The van der Waals surface area contributed by atoms with Gasteiger partial charge in [0.2, 0.25) is 0 Å². The summed E-state index contributed by atoms with van der Waals surface area (Å²) in [5.41, 5.74) is 2.40. The summed E-state index contributed by atoms with van der Waals surface area (Å²) in [6.45, 7) is 8.76. The molecule has 2 aromatic carbocycles. The van der Waals surface area contributed by atoms with Crippen molar-refractivity contribution in [3.05, 3.63) is 59.7 Å². The predicted molar refractivity (Wildman–Crippen MR) is 114 cm³/mol. The number of benzene rings is 2. The van der Waals surface area contributed by atoms with Crippen molar-refractivity contribution in [1.29, 1.82) is 0 Å². The zero-order valence-corrected chi connectivity index (χ0v) is 17.6. The van der Waals surface area contributed by atoms with Crippen LogP contribution in [-0.2, 0) is 13.1 Å². The smallest absolute Gasteiger partial charge is 0.161 e. The molecule has 0 spiro atoms. The van der Waals surface area contributed by atoms with E-state index in [9.17, 15) is 5.11 Å². The maximum atomic E-state index is 10.4. The number of aliphatic hydroxyl groups excluding tert-OH is 1. The summed E-state index contributed by atoms with van der Waals surface area (Å²) in [4.78, 5) is 4.44. The van der Waals surface area contributed by atoms with Gasteiger partial charge in [0.15, 0.2) is 11.5 Å². The average Bonchev–Trinajstić information content (AvgIpc) is 2.71. The minimum absolute atomic E-state index is 0.226. The summed E-state index contributed by atoms with van der Waals surface area (Å²) >= 11 is 0. The molecule has 5 nitrogen and oxygen atoms in total. The lowest BCUT2D eigenvalue weighted by Gasteiger charge is -2.22. The molecule has 0 bridgehead atoms. The van der Waals surface area contributed by atoms with E-state index in [1.165, 1.54) is 11.1 Å². The van der Waals surface area contributed by atoms with Gasteiger partial charge in [0, 0.05) is 19.6 Å². The van der Waals surface area contributed by atoms with Gasteiger partial charge in [-0.2, -0.15) is 0 Å². The summed E-state index contributed by atoms with van der Waals surface area (Å²) < 4.78 is 11.3. The molecule has 5 heteroatoms. The van der Waals surface area contributed by atoms with Gasteiger partial charge in [-0.3, -0.25) is 9.80 Å². The molecular formula is C23H34N2O3. The number of nitrogens with zero attached hydrogens (tertiary/aromatic N) is 2. The zero-order valence-electron chi connectivity index (χ0n) is 17.6. The van der Waals surface area contributed by atoms with Gasteiger partial charge in [0.05, 0.1) is 7.11 Å². The predicted octanol–water partition coefficient (Wildman–Crippen LogP) is 3.41. The van der Waals surface area contributed by atoms with Crippen molar-refractivity contribution in [2.45, 2.75) is 33.0 Å². The number of ether oxygens (including phenoxy) is 2. The van der Waals surface area contributed by atoms with E-state index in [1.807, 2.05) is 37.4 Å². The Balaban J connectivity index is 1.90. The van der Waals surface area contributed by atoms with Crippen molar-refractivity contribution in [3.8, 4) is 11.5 Å². The molecule has 0 aliphatic heterocycles. The lowest BCUT2D eigenvalue weighted by molar-refractivity contribution is 0.0732. The minimum atomic E-state index is -0.579. The Morgan fingerprint density at radius 1 is 0.929 bits per heavy atom. The molecule has 0 heterocycles. The highest BCUT2D eigenvalue weighted by Crippen LogP contribution is 2.28. The molecule has 1 unspecified atom stereocenters. The van der Waals surface area contributed by atoms with Crippen molar-refractivity contribution >= 4 is 0 Å². The van der Waals surface area contributed by atoms with Crippen LogP contribution in [0.5, 0.6) is 11.5 Å². The van der Waals surface area contributed by atoms with Crippen LogP contribution in [-0.4, -0.2) is 61.4 Å². The third-order valence-electron chi connectivity index (χ3n) is 4.78. The number of methoxy groups -OCH3 is 1. The number of aliphatic hydroxyl groups is 1. The second-order valence-electron chi connectivity index (χ2n) is 7.09. The Morgan fingerprint density at radius 2 is 1.64 bits per heavy atom. The van der Waals surface area contributed by atoms with Gasteiger partial charge in [-0.05, 0) is 43.4 Å². The SMILES string of the molecule is CCN(CC)Cc1ccc(OC)c(OCC(O)CN(C)Cc2ccccc2)c1. The van der Waals surface area contributed by atoms with E-state index in [0.29, 0.717) is 18.0 Å². The first-order valence-electron chi connectivity index (χ1n) is 9.98. The minimum Gasteiger partial charge on any atom is -0.493 e. The third-order valence-corrected chi connectivity index (χ3v) is 4.78. The Bertz CT molecular complexity index is 690. The van der Waals surface area contributed by atoms with Crippen LogP contribution in [0.15, 0.2) is 48.5 Å². The highest BCUT2D eigenvalue weighted by molar-refractivity contribution is 5.43. The van der Waals surface area contributed by atoms with Crippen molar-refractivity contribution in [2.24, 2.45) is 0 Å². The largest absolute Gasteiger partial charge is 0.493 e. The van der Waals surface area contributed by atoms with Gasteiger partial charge < -0.3 is 14.6 Å². The van der Waals surface area contributed by atoms with E-state index in [4.69, 9.17) is 9.47 Å². The lowest BCUT2D eigenvalue weighted by atomic mass is 10.2. The monoisotopic (exact) mass is 386 g/mol. The number of hydrogen-bond acceptors (Lipinski definition) is 5. The van der Waals surface area contributed by atoms with Gasteiger partial charge in [-0.1, -0.05) is 50.2 Å². The van der Waals surface area contributed by atoms with Crippen molar-refractivity contribution in [2.75, 3.05) is 40.4 Å². The molecule has 1 N–H and O–H groups in total. The molecule has 0 aliphatic carbocycles. The number of rotatable bonds is 12. The molecule has 1 atom stereocenters. The fourth-order valence-corrected chi connectivity index (χ4v) is 3.20. The summed E-state index contributed by atoms with van der Waals surface area (Å²) in [6.07, 6.45) is -0.579. The van der Waals surface area contributed by atoms with Crippen LogP contribution >= 0.6 is 0 Å². The van der Waals surface area contributed by atoms with E-state index >= 15 is 0 Å². The fraction of sp³-hybridized carbons (Fsp3) is 0.478. The second kappa shape index (κ2) is 11.7. The first-order chi connectivity index (χ1) is 13.5. The highest BCUT2D eigenvalue weighted by Gasteiger charge is 2.13. The van der Waals surface area contributed by atoms with Gasteiger partial charge in [-0.25, -0.2) is 0 Å². The van der Waals surface area contributed by atoms with Crippen molar-refractivity contribution < 1.29 is 14.6 Å². The van der Waals surface area contributed by atoms with E-state index in [1.54, 1.807) is 7.11 Å². The first-order valence-corrected chi connectivity index (χ1v) is 9.98. The van der Waals surface area contributed by atoms with Crippen molar-refractivity contribution in [1.82, 2.24) is 9.80 Å². The molecule has 0 saturated carbocycles. The Kier molecular flexibility index (Phi) is 9.28. The Hall–Kier alpha value is -2.08. The summed E-state index contributed by atoms with van der Waals surface area (Å²) in [5.74, 6) is 1.37. The molecular weight excluding hydrogens is 352 g/mol. The van der Waals surface area contributed by atoms with E-state index < -0.39 is 6.10 Å². The highest BCUT2D eigenvalue weighted by atomic mass is 16.5. The number of likely N-dealkylation sites (N-methyl/N-ethyl adjacent to an activating group) is 1. The average molecular weight is 387 g/mol. The molecule has 0 aliphatic rings. The van der Waals surface area contributed by atoms with Gasteiger partial charge in [-0.15, -0.1) is 0 Å². The molecule has 0 aromatic heterocycles. The van der Waals surface area contributed by atoms with Crippen LogP contribution in [0, 0.1) is 0 Å². The normalized spacial score (nSPS) is 12.4. The third kappa shape index (κ3) is 7.15. The van der Waals surface area contributed by atoms with Crippen molar-refractivity contribution in [3.63, 3.8) is 0 Å². The molecule has 28 heavy (non-hydrogen) atoms. The molecule has 2 aromatic rings. The van der Waals surface area contributed by atoms with Gasteiger partial charge in [0.1, 0.15) is 12.7 Å². The fourth-order valence-electron chi connectivity index (χ4n) is 3.20. The summed E-state index contributed by atoms with van der Waals surface area (Å²) in [5, 5.41) is 10.4. The Morgan fingerprint density at radius 3 is 2.29 bits per heavy atom. The molecule has 0 fully saturated rings. The van der Waals surface area contributed by atoms with Gasteiger partial charge in [0.25, 0.3) is 0 Å². The van der Waals surface area contributed by atoms with Crippen LogP contribution in [0.2, 0.25) is 0 Å². The number of hydrogen-bond donors (Lipinski definition) is 1. The first kappa shape index (κ1) is 22.2. The zero-order chi connectivity index (χ0) is 20.4. The van der Waals surface area contributed by atoms with Crippen LogP contribution in [0.3, 0.4) is 0 Å². The standard InChI is InChI=1S/C23H34N2O3/c1-5-25(6-2)16-20-12-13-22(27-4)23(14-20)28-18-21(26)17-24(3)15-19-10-8-7-9-11-19/h7-14,21,26H,5-6,15-18H2,1-4H3. The quantitative estimate of drug-likeness (QED) is 0.606. The maximum Gasteiger partial charge on any atom is 0.161 e.